The summed E-state index contributed by atoms with van der Waals surface area (Å²) >= 11 is 0. The predicted molar refractivity (Wildman–Crippen MR) is 66.3 cm³/mol. The zero-order valence-electron chi connectivity index (χ0n) is 11.1. The highest BCUT2D eigenvalue weighted by Crippen LogP contribution is 2.28. The van der Waals surface area contributed by atoms with E-state index in [1.807, 2.05) is 6.20 Å². The Hall–Kier alpha value is -0.830. The summed E-state index contributed by atoms with van der Waals surface area (Å²) in [6.07, 6.45) is 2.03. The first-order valence-electron chi connectivity index (χ1n) is 6.19. The van der Waals surface area contributed by atoms with Crippen molar-refractivity contribution < 1.29 is 0 Å². The van der Waals surface area contributed by atoms with Gasteiger partial charge < -0.3 is 4.57 Å². The van der Waals surface area contributed by atoms with Crippen molar-refractivity contribution in [2.45, 2.75) is 53.2 Å². The number of fused-ring (bicyclic) bond motifs is 1. The van der Waals surface area contributed by atoms with Crippen molar-refractivity contribution in [3.63, 3.8) is 0 Å². The van der Waals surface area contributed by atoms with Crippen LogP contribution in [0.15, 0.2) is 6.20 Å². The van der Waals surface area contributed by atoms with Crippen LogP contribution in [0.25, 0.3) is 0 Å². The molecule has 0 aromatic carbocycles. The SMILES string of the molecule is Cc1ncc2n1CCN(C(C)(C)C(C)C)C2. The first kappa shape index (κ1) is 11.6. The number of imidazole rings is 1. The van der Waals surface area contributed by atoms with Gasteiger partial charge in [0.25, 0.3) is 0 Å². The van der Waals surface area contributed by atoms with Crippen LogP contribution in [0, 0.1) is 12.8 Å². The Bertz CT molecular complexity index is 377. The molecule has 0 saturated heterocycles. The van der Waals surface area contributed by atoms with E-state index in [1.54, 1.807) is 0 Å². The van der Waals surface area contributed by atoms with Crippen molar-refractivity contribution >= 4 is 0 Å². The molecule has 0 fully saturated rings. The molecule has 0 saturated carbocycles. The molecule has 0 spiro atoms. The van der Waals surface area contributed by atoms with Crippen LogP contribution in [0.3, 0.4) is 0 Å². The lowest BCUT2D eigenvalue weighted by molar-refractivity contribution is 0.0502. The van der Waals surface area contributed by atoms with Crippen LogP contribution in [0.1, 0.15) is 39.2 Å². The quantitative estimate of drug-likeness (QED) is 0.765. The molecule has 0 amide bonds. The lowest BCUT2D eigenvalue weighted by Gasteiger charge is -2.44. The minimum Gasteiger partial charge on any atom is -0.330 e. The predicted octanol–water partition coefficient (Wildman–Crippen LogP) is 2.44. The molecule has 16 heavy (non-hydrogen) atoms. The Labute approximate surface area is 98.5 Å². The van der Waals surface area contributed by atoms with Gasteiger partial charge in [0.05, 0.1) is 5.69 Å². The molecule has 0 unspecified atom stereocenters. The number of nitrogens with zero attached hydrogens (tertiary/aromatic N) is 3. The monoisotopic (exact) mass is 221 g/mol. The van der Waals surface area contributed by atoms with Gasteiger partial charge in [0.1, 0.15) is 5.82 Å². The normalized spacial score (nSPS) is 17.9. The van der Waals surface area contributed by atoms with Gasteiger partial charge in [0.2, 0.25) is 0 Å². The van der Waals surface area contributed by atoms with E-state index in [4.69, 9.17) is 0 Å². The highest BCUT2D eigenvalue weighted by atomic mass is 15.3. The first-order chi connectivity index (χ1) is 7.43. The van der Waals surface area contributed by atoms with E-state index in [1.165, 1.54) is 5.69 Å². The number of rotatable bonds is 2. The molecular formula is C13H23N3. The first-order valence-corrected chi connectivity index (χ1v) is 6.19. The second kappa shape index (κ2) is 3.88. The third kappa shape index (κ3) is 1.77. The third-order valence-corrected chi connectivity index (χ3v) is 4.31. The fraction of sp³-hybridized carbons (Fsp3) is 0.769. The summed E-state index contributed by atoms with van der Waals surface area (Å²) in [5.74, 6) is 1.82. The van der Waals surface area contributed by atoms with Crippen molar-refractivity contribution in [1.29, 1.82) is 0 Å². The Kier molecular flexibility index (Phi) is 2.82. The van der Waals surface area contributed by atoms with Crippen LogP contribution < -0.4 is 0 Å². The van der Waals surface area contributed by atoms with Crippen LogP contribution >= 0.6 is 0 Å². The fourth-order valence-electron chi connectivity index (χ4n) is 2.30. The largest absolute Gasteiger partial charge is 0.330 e. The molecule has 2 heterocycles. The van der Waals surface area contributed by atoms with Gasteiger partial charge in [-0.2, -0.15) is 0 Å². The fourth-order valence-corrected chi connectivity index (χ4v) is 2.30. The van der Waals surface area contributed by atoms with Gasteiger partial charge in [0.15, 0.2) is 0 Å². The van der Waals surface area contributed by atoms with E-state index >= 15 is 0 Å². The van der Waals surface area contributed by atoms with E-state index in [0.29, 0.717) is 5.92 Å². The van der Waals surface area contributed by atoms with Gasteiger partial charge in [-0.25, -0.2) is 4.98 Å². The maximum absolute atomic E-state index is 4.40. The summed E-state index contributed by atoms with van der Waals surface area (Å²) in [4.78, 5) is 6.97. The maximum atomic E-state index is 4.40. The zero-order chi connectivity index (χ0) is 11.9. The second-order valence-electron chi connectivity index (χ2n) is 5.68. The summed E-state index contributed by atoms with van der Waals surface area (Å²) in [6.45, 7) is 14.6. The Morgan fingerprint density at radius 1 is 1.31 bits per heavy atom. The molecule has 1 aliphatic heterocycles. The Balaban J connectivity index is 2.20. The van der Waals surface area contributed by atoms with Crippen LogP contribution in [-0.2, 0) is 13.1 Å². The number of aryl methyl sites for hydroxylation is 1. The van der Waals surface area contributed by atoms with E-state index in [2.05, 4.69) is 49.1 Å². The summed E-state index contributed by atoms with van der Waals surface area (Å²) in [5, 5.41) is 0. The minimum atomic E-state index is 0.267. The van der Waals surface area contributed by atoms with Crippen LogP contribution in [0.5, 0.6) is 0 Å². The molecule has 0 N–H and O–H groups in total. The summed E-state index contributed by atoms with van der Waals surface area (Å²) in [6, 6.07) is 0. The lowest BCUT2D eigenvalue weighted by atomic mass is 9.88. The lowest BCUT2D eigenvalue weighted by Crippen LogP contribution is -2.50. The highest BCUT2D eigenvalue weighted by Gasteiger charge is 2.32. The molecule has 1 aromatic heterocycles. The van der Waals surface area contributed by atoms with Gasteiger partial charge in [-0.15, -0.1) is 0 Å². The molecule has 3 heteroatoms. The standard InChI is InChI=1S/C13H23N3/c1-10(2)13(4,5)15-6-7-16-11(3)14-8-12(16)9-15/h8,10H,6-7,9H2,1-5H3. The molecule has 1 aromatic rings. The van der Waals surface area contributed by atoms with E-state index < -0.39 is 0 Å². The molecule has 1 aliphatic rings. The average Bonchev–Trinajstić information content (AvgIpc) is 2.60. The number of hydrogen-bond donors (Lipinski definition) is 0. The van der Waals surface area contributed by atoms with Gasteiger partial charge in [-0.05, 0) is 26.7 Å². The smallest absolute Gasteiger partial charge is 0.105 e. The number of hydrogen-bond acceptors (Lipinski definition) is 2. The van der Waals surface area contributed by atoms with Crippen molar-refractivity contribution in [3.05, 3.63) is 17.7 Å². The van der Waals surface area contributed by atoms with Gasteiger partial charge in [0, 0.05) is 31.4 Å². The van der Waals surface area contributed by atoms with Crippen LogP contribution in [-0.4, -0.2) is 26.5 Å². The van der Waals surface area contributed by atoms with Gasteiger partial charge >= 0.3 is 0 Å². The highest BCUT2D eigenvalue weighted by molar-refractivity contribution is 5.08. The van der Waals surface area contributed by atoms with Crippen molar-refractivity contribution in [2.24, 2.45) is 5.92 Å². The molecule has 0 radical (unpaired) electrons. The van der Waals surface area contributed by atoms with E-state index in [-0.39, 0.29) is 5.54 Å². The molecule has 0 atom stereocenters. The maximum Gasteiger partial charge on any atom is 0.105 e. The average molecular weight is 221 g/mol. The van der Waals surface area contributed by atoms with Gasteiger partial charge in [-0.3, -0.25) is 4.90 Å². The summed E-state index contributed by atoms with van der Waals surface area (Å²) < 4.78 is 2.34. The van der Waals surface area contributed by atoms with Crippen LogP contribution in [0.2, 0.25) is 0 Å². The summed E-state index contributed by atoms with van der Waals surface area (Å²) in [5.41, 5.74) is 1.63. The van der Waals surface area contributed by atoms with E-state index in [0.717, 1.165) is 25.5 Å². The van der Waals surface area contributed by atoms with Crippen molar-refractivity contribution in [1.82, 2.24) is 14.5 Å². The third-order valence-electron chi connectivity index (χ3n) is 4.31. The van der Waals surface area contributed by atoms with E-state index in [9.17, 15) is 0 Å². The van der Waals surface area contributed by atoms with Crippen molar-refractivity contribution in [3.8, 4) is 0 Å². The van der Waals surface area contributed by atoms with Crippen LogP contribution in [0.4, 0.5) is 0 Å². The van der Waals surface area contributed by atoms with Crippen molar-refractivity contribution in [2.75, 3.05) is 6.54 Å². The molecular weight excluding hydrogens is 198 g/mol. The second-order valence-corrected chi connectivity index (χ2v) is 5.68. The molecule has 2 rings (SSSR count). The number of aromatic nitrogens is 2. The molecule has 90 valence electrons. The molecule has 0 bridgehead atoms. The Morgan fingerprint density at radius 2 is 2.00 bits per heavy atom. The van der Waals surface area contributed by atoms with Gasteiger partial charge in [-0.1, -0.05) is 13.8 Å². The minimum absolute atomic E-state index is 0.267. The molecule has 3 nitrogen and oxygen atoms in total. The Morgan fingerprint density at radius 3 is 2.62 bits per heavy atom. The molecule has 0 aliphatic carbocycles. The topological polar surface area (TPSA) is 21.1 Å². The summed E-state index contributed by atoms with van der Waals surface area (Å²) in [7, 11) is 0. The zero-order valence-corrected chi connectivity index (χ0v) is 11.1.